The summed E-state index contributed by atoms with van der Waals surface area (Å²) in [4.78, 5) is 54.2. The largest absolute Gasteiger partial charge is 0.472 e. The molecule has 0 radical (unpaired) electrons. The SMILES string of the molecule is CCCCCC/C=C\CCCCCCCC(=O)OC[C@H](COP(=O)(O)O[C@H]1C(O)C(O)C(O)[C@@H](OP(=O)(O)O)C1O)OC(=O)CCC/C=C\C/C=C\C/C=C\C/C=C\CC[C@H](O)CC. The van der Waals surface area contributed by atoms with Crippen LogP contribution in [-0.4, -0.2) is 114 Å². The third-order valence-corrected chi connectivity index (χ3v) is 11.7. The quantitative estimate of drug-likeness (QED) is 0.0132. The molecule has 17 nitrogen and oxygen atoms in total. The summed E-state index contributed by atoms with van der Waals surface area (Å²) in [5, 5.41) is 50.8. The summed E-state index contributed by atoms with van der Waals surface area (Å²) in [6.45, 7) is 2.74. The van der Waals surface area contributed by atoms with Gasteiger partial charge in [-0.05, 0) is 83.5 Å². The Morgan fingerprint density at radius 3 is 1.62 bits per heavy atom. The molecule has 1 fully saturated rings. The van der Waals surface area contributed by atoms with Crippen LogP contribution in [0, 0.1) is 0 Å². The Balaban J connectivity index is 2.67. The predicted molar refractivity (Wildman–Crippen MR) is 242 cm³/mol. The molecular formula is C45H78O17P2. The number of phosphoric ester groups is 2. The lowest BCUT2D eigenvalue weighted by Crippen LogP contribution is -2.64. The molecule has 0 bridgehead atoms. The fourth-order valence-electron chi connectivity index (χ4n) is 6.46. The maximum Gasteiger partial charge on any atom is 0.472 e. The van der Waals surface area contributed by atoms with E-state index in [1.54, 1.807) is 0 Å². The molecule has 19 heteroatoms. The maximum absolute atomic E-state index is 13.0. The molecule has 1 saturated carbocycles. The van der Waals surface area contributed by atoms with E-state index in [2.05, 4.69) is 47.9 Å². The fourth-order valence-corrected chi connectivity index (χ4v) is 8.00. The Kier molecular flexibility index (Phi) is 33.4. The van der Waals surface area contributed by atoms with Crippen molar-refractivity contribution in [1.29, 1.82) is 0 Å². The van der Waals surface area contributed by atoms with E-state index < -0.39 is 83.5 Å². The molecule has 64 heavy (non-hydrogen) atoms. The Bertz CT molecular complexity index is 1490. The molecule has 0 saturated heterocycles. The van der Waals surface area contributed by atoms with E-state index in [-0.39, 0.29) is 18.9 Å². The molecular weight excluding hydrogens is 874 g/mol. The molecule has 0 aromatic carbocycles. The van der Waals surface area contributed by atoms with Crippen molar-refractivity contribution in [2.45, 2.75) is 198 Å². The summed E-state index contributed by atoms with van der Waals surface area (Å²) in [5.74, 6) is -1.30. The van der Waals surface area contributed by atoms with Gasteiger partial charge in [0.15, 0.2) is 6.10 Å². The van der Waals surface area contributed by atoms with Crippen LogP contribution in [0.1, 0.15) is 149 Å². The summed E-state index contributed by atoms with van der Waals surface area (Å²) in [6, 6.07) is 0. The second-order valence-electron chi connectivity index (χ2n) is 15.9. The van der Waals surface area contributed by atoms with Crippen molar-refractivity contribution in [3.63, 3.8) is 0 Å². The van der Waals surface area contributed by atoms with Gasteiger partial charge in [0.2, 0.25) is 0 Å². The lowest BCUT2D eigenvalue weighted by molar-refractivity contribution is -0.216. The van der Waals surface area contributed by atoms with Crippen LogP contribution in [-0.2, 0) is 41.8 Å². The van der Waals surface area contributed by atoms with E-state index >= 15 is 0 Å². The molecule has 0 amide bonds. The van der Waals surface area contributed by atoms with Gasteiger partial charge in [-0.2, -0.15) is 0 Å². The molecule has 0 spiro atoms. The van der Waals surface area contributed by atoms with Crippen molar-refractivity contribution in [2.75, 3.05) is 13.2 Å². The monoisotopic (exact) mass is 952 g/mol. The summed E-state index contributed by atoms with van der Waals surface area (Å²) in [6.07, 6.45) is 22.8. The van der Waals surface area contributed by atoms with E-state index in [1.807, 2.05) is 31.2 Å². The lowest BCUT2D eigenvalue weighted by Gasteiger charge is -2.43. The van der Waals surface area contributed by atoms with E-state index in [0.29, 0.717) is 25.7 Å². The highest BCUT2D eigenvalue weighted by Gasteiger charge is 2.54. The number of phosphoric acid groups is 2. The fraction of sp³-hybridized carbons (Fsp3) is 0.733. The highest BCUT2D eigenvalue weighted by molar-refractivity contribution is 7.47. The van der Waals surface area contributed by atoms with Crippen molar-refractivity contribution in [2.24, 2.45) is 0 Å². The average molecular weight is 953 g/mol. The number of aliphatic hydroxyl groups is 5. The van der Waals surface area contributed by atoms with E-state index in [4.69, 9.17) is 28.3 Å². The molecule has 0 aromatic rings. The molecule has 8 N–H and O–H groups in total. The first-order valence-electron chi connectivity index (χ1n) is 22.9. The number of carbonyl (C=O) groups excluding carboxylic acids is 2. The number of allylic oxidation sites excluding steroid dienone is 10. The van der Waals surface area contributed by atoms with Gasteiger partial charge in [0, 0.05) is 12.8 Å². The minimum absolute atomic E-state index is 0.0489. The van der Waals surface area contributed by atoms with Crippen LogP contribution in [0.15, 0.2) is 60.8 Å². The normalized spacial score (nSPS) is 22.8. The number of hydrogen-bond acceptors (Lipinski definition) is 14. The van der Waals surface area contributed by atoms with Gasteiger partial charge in [0.25, 0.3) is 0 Å². The van der Waals surface area contributed by atoms with Crippen LogP contribution in [0.5, 0.6) is 0 Å². The summed E-state index contributed by atoms with van der Waals surface area (Å²) >= 11 is 0. The topological polar surface area (TPSA) is 276 Å². The molecule has 5 unspecified atom stereocenters. The molecule has 0 aliphatic heterocycles. The predicted octanol–water partition coefficient (Wildman–Crippen LogP) is 7.25. The van der Waals surface area contributed by atoms with Crippen LogP contribution in [0.25, 0.3) is 0 Å². The summed E-state index contributed by atoms with van der Waals surface area (Å²) in [7, 11) is -10.7. The van der Waals surface area contributed by atoms with Gasteiger partial charge in [-0.3, -0.25) is 23.2 Å². The molecule has 0 aromatic heterocycles. The molecule has 370 valence electrons. The highest BCUT2D eigenvalue weighted by atomic mass is 31.2. The first-order chi connectivity index (χ1) is 30.5. The standard InChI is InChI=1S/C45H78O17P2/c1-3-5-6-7-8-9-10-13-17-20-23-26-29-32-38(47)58-34-37(35-59-64(56,57)62-45-42(51)40(49)41(50)44(43(45)52)61-63(53,54)55)60-39(48)33-30-27-24-21-18-15-12-11-14-16-19-22-25-28-31-36(46)4-2/h9-10,12,14-16,21-22,24-25,36-37,40-46,49-52H,3-8,11,13,17-20,23,26-35H2,1-2H3,(H,56,57)(H2,53,54,55)/b10-9-,15-12-,16-14-,24-21-,25-22-/t36-,37-,40?,41?,42?,43?,44-,45+/m1/s1. The molecule has 0 heterocycles. The van der Waals surface area contributed by atoms with Crippen molar-refractivity contribution < 1.29 is 82.0 Å². The number of hydrogen-bond donors (Lipinski definition) is 8. The minimum Gasteiger partial charge on any atom is -0.462 e. The number of esters is 2. The Morgan fingerprint density at radius 2 is 1.05 bits per heavy atom. The molecule has 1 aliphatic carbocycles. The van der Waals surface area contributed by atoms with Crippen molar-refractivity contribution in [3.8, 4) is 0 Å². The zero-order valence-electron chi connectivity index (χ0n) is 37.8. The van der Waals surface area contributed by atoms with Crippen LogP contribution in [0.2, 0.25) is 0 Å². The number of rotatable bonds is 37. The zero-order valence-corrected chi connectivity index (χ0v) is 39.6. The minimum atomic E-state index is -5.38. The van der Waals surface area contributed by atoms with Crippen molar-refractivity contribution in [3.05, 3.63) is 60.8 Å². The molecule has 1 rings (SSSR count). The molecule has 1 aliphatic rings. The van der Waals surface area contributed by atoms with Gasteiger partial charge in [0.1, 0.15) is 43.2 Å². The van der Waals surface area contributed by atoms with Gasteiger partial charge < -0.3 is 49.7 Å². The second-order valence-corrected chi connectivity index (χ2v) is 18.5. The van der Waals surface area contributed by atoms with Crippen molar-refractivity contribution >= 4 is 27.6 Å². The molecule has 9 atom stereocenters. The number of unbranched alkanes of at least 4 members (excludes halogenated alkanes) is 10. The van der Waals surface area contributed by atoms with E-state index in [1.165, 1.54) is 25.7 Å². The summed E-state index contributed by atoms with van der Waals surface area (Å²) < 4.78 is 49.2. The van der Waals surface area contributed by atoms with Crippen LogP contribution < -0.4 is 0 Å². The zero-order chi connectivity index (χ0) is 47.6. The van der Waals surface area contributed by atoms with Gasteiger partial charge in [-0.1, -0.05) is 113 Å². The van der Waals surface area contributed by atoms with Crippen LogP contribution >= 0.6 is 15.6 Å². The van der Waals surface area contributed by atoms with E-state index in [0.717, 1.165) is 70.6 Å². The third kappa shape index (κ3) is 30.0. The van der Waals surface area contributed by atoms with Crippen molar-refractivity contribution in [1.82, 2.24) is 0 Å². The van der Waals surface area contributed by atoms with Gasteiger partial charge in [-0.15, -0.1) is 0 Å². The first kappa shape index (κ1) is 59.7. The number of carbonyl (C=O) groups is 2. The maximum atomic E-state index is 13.0. The van der Waals surface area contributed by atoms with Crippen LogP contribution in [0.3, 0.4) is 0 Å². The van der Waals surface area contributed by atoms with Gasteiger partial charge >= 0.3 is 27.6 Å². The Morgan fingerprint density at radius 1 is 0.562 bits per heavy atom. The van der Waals surface area contributed by atoms with E-state index in [9.17, 15) is 49.1 Å². The first-order valence-corrected chi connectivity index (χ1v) is 25.9. The van der Waals surface area contributed by atoms with Crippen LogP contribution in [0.4, 0.5) is 0 Å². The smallest absolute Gasteiger partial charge is 0.462 e. The van der Waals surface area contributed by atoms with Gasteiger partial charge in [0.05, 0.1) is 12.7 Å². The Labute approximate surface area is 380 Å². The average Bonchev–Trinajstić information content (AvgIpc) is 3.25. The highest BCUT2D eigenvalue weighted by Crippen LogP contribution is 2.49. The third-order valence-electron chi connectivity index (χ3n) is 10.2. The van der Waals surface area contributed by atoms with Gasteiger partial charge in [-0.25, -0.2) is 9.13 Å². The summed E-state index contributed by atoms with van der Waals surface area (Å²) in [5.41, 5.74) is 0. The Hall–Kier alpha value is -2.34. The number of ether oxygens (including phenoxy) is 2. The lowest BCUT2D eigenvalue weighted by atomic mass is 9.85. The number of aliphatic hydroxyl groups excluding tert-OH is 5. The second kappa shape index (κ2) is 35.8.